The van der Waals surface area contributed by atoms with Crippen LogP contribution in [0, 0.1) is 0 Å². The first-order chi connectivity index (χ1) is 12.1. The molecule has 1 aliphatic rings. The van der Waals surface area contributed by atoms with Gasteiger partial charge in [0, 0.05) is 37.4 Å². The van der Waals surface area contributed by atoms with Crippen LogP contribution in [-0.2, 0) is 0 Å². The number of piperazine rings is 1. The van der Waals surface area contributed by atoms with Crippen molar-refractivity contribution in [3.8, 4) is 0 Å². The lowest BCUT2D eigenvalue weighted by molar-refractivity contribution is 0.0636. The van der Waals surface area contributed by atoms with E-state index in [1.807, 2.05) is 12.1 Å². The number of hydrogen-bond donors (Lipinski definition) is 1. The topological polar surface area (TPSA) is 65.8 Å². The van der Waals surface area contributed by atoms with Gasteiger partial charge in [-0.05, 0) is 35.9 Å². The monoisotopic (exact) mass is 359 g/mol. The number of rotatable bonds is 3. The molecule has 0 bridgehead atoms. The maximum atomic E-state index is 12.2. The predicted octanol–water partition coefficient (Wildman–Crippen LogP) is 3.07. The van der Waals surface area contributed by atoms with E-state index in [1.54, 1.807) is 46.3 Å². The molecule has 1 aliphatic heterocycles. The Morgan fingerprint density at radius 3 is 2.36 bits per heavy atom. The Labute approximate surface area is 150 Å². The highest BCUT2D eigenvalue weighted by molar-refractivity contribution is 6.30. The fourth-order valence-electron chi connectivity index (χ4n) is 2.54. The van der Waals surface area contributed by atoms with Crippen molar-refractivity contribution in [3.05, 3.63) is 65.2 Å². The molecule has 25 heavy (non-hydrogen) atoms. The molecule has 1 fully saturated rings. The number of furan rings is 1. The number of hydrogen-bond acceptors (Lipinski definition) is 3. The zero-order chi connectivity index (χ0) is 17.6. The molecule has 0 unspecified atom stereocenters. The van der Waals surface area contributed by atoms with Gasteiger partial charge in [-0.25, -0.2) is 4.79 Å². The molecule has 0 saturated carbocycles. The minimum atomic E-state index is -0.185. The van der Waals surface area contributed by atoms with E-state index in [0.29, 0.717) is 37.0 Å². The summed E-state index contributed by atoms with van der Waals surface area (Å²) in [6.45, 7) is 1.92. The summed E-state index contributed by atoms with van der Waals surface area (Å²) in [5.74, 6) is 0.177. The Morgan fingerprint density at radius 1 is 1.04 bits per heavy atom. The second-order valence-corrected chi connectivity index (χ2v) is 6.03. The van der Waals surface area contributed by atoms with Crippen molar-refractivity contribution in [2.45, 2.75) is 0 Å². The summed E-state index contributed by atoms with van der Waals surface area (Å²) in [4.78, 5) is 27.7. The maximum Gasteiger partial charge on any atom is 0.321 e. The van der Waals surface area contributed by atoms with E-state index in [-0.39, 0.29) is 11.9 Å². The third-order valence-corrected chi connectivity index (χ3v) is 4.19. The van der Waals surface area contributed by atoms with Gasteiger partial charge in [-0.2, -0.15) is 0 Å². The third-order valence-electron chi connectivity index (χ3n) is 3.94. The van der Waals surface area contributed by atoms with E-state index in [1.165, 1.54) is 6.26 Å². The van der Waals surface area contributed by atoms with Crippen LogP contribution >= 0.6 is 11.6 Å². The Balaban J connectivity index is 1.46. The lowest BCUT2D eigenvalue weighted by Crippen LogP contribution is -2.52. The van der Waals surface area contributed by atoms with Crippen LogP contribution in [0.25, 0.3) is 6.08 Å². The van der Waals surface area contributed by atoms with Crippen LogP contribution in [0.1, 0.15) is 16.1 Å². The van der Waals surface area contributed by atoms with Gasteiger partial charge in [0.25, 0.3) is 5.91 Å². The standard InChI is InChI=1S/C18H18ClN3O3/c19-15-5-3-14(4-6-15)7-8-20-18(24)22-11-9-21(10-12-22)17(23)16-2-1-13-25-16/h1-8,13H,9-12H2,(H,20,24)/b8-7+. The van der Waals surface area contributed by atoms with Crippen LogP contribution in [0.4, 0.5) is 4.79 Å². The number of nitrogens with zero attached hydrogens (tertiary/aromatic N) is 2. The average Bonchev–Trinajstić information content (AvgIpc) is 3.17. The fourth-order valence-corrected chi connectivity index (χ4v) is 2.67. The summed E-state index contributed by atoms with van der Waals surface area (Å²) in [5.41, 5.74) is 0.943. The van der Waals surface area contributed by atoms with Gasteiger partial charge in [0.2, 0.25) is 0 Å². The summed E-state index contributed by atoms with van der Waals surface area (Å²) >= 11 is 5.83. The van der Waals surface area contributed by atoms with Gasteiger partial charge in [0.15, 0.2) is 5.76 Å². The van der Waals surface area contributed by atoms with Gasteiger partial charge < -0.3 is 19.5 Å². The first-order valence-electron chi connectivity index (χ1n) is 7.94. The highest BCUT2D eigenvalue weighted by Gasteiger charge is 2.25. The molecule has 3 amide bonds. The van der Waals surface area contributed by atoms with Crippen LogP contribution in [-0.4, -0.2) is 47.9 Å². The Kier molecular flexibility index (Phi) is 5.40. The molecule has 3 rings (SSSR count). The number of halogens is 1. The van der Waals surface area contributed by atoms with E-state index in [0.717, 1.165) is 5.56 Å². The number of carbonyl (C=O) groups excluding carboxylic acids is 2. The number of amides is 3. The van der Waals surface area contributed by atoms with Gasteiger partial charge >= 0.3 is 6.03 Å². The van der Waals surface area contributed by atoms with Gasteiger partial charge in [0.05, 0.1) is 6.26 Å². The van der Waals surface area contributed by atoms with Crippen molar-refractivity contribution >= 4 is 29.6 Å². The minimum absolute atomic E-state index is 0.146. The molecule has 2 heterocycles. The largest absolute Gasteiger partial charge is 0.459 e. The van der Waals surface area contributed by atoms with E-state index >= 15 is 0 Å². The smallest absolute Gasteiger partial charge is 0.321 e. The van der Waals surface area contributed by atoms with Crippen LogP contribution in [0.3, 0.4) is 0 Å². The van der Waals surface area contributed by atoms with E-state index in [2.05, 4.69) is 5.32 Å². The lowest BCUT2D eigenvalue weighted by atomic mass is 10.2. The number of carbonyl (C=O) groups is 2. The highest BCUT2D eigenvalue weighted by Crippen LogP contribution is 2.11. The summed E-state index contributed by atoms with van der Waals surface area (Å²) in [6, 6.07) is 10.5. The normalized spacial score (nSPS) is 14.8. The number of urea groups is 1. The summed E-state index contributed by atoms with van der Waals surface area (Å²) < 4.78 is 5.12. The van der Waals surface area contributed by atoms with E-state index < -0.39 is 0 Å². The van der Waals surface area contributed by atoms with E-state index in [4.69, 9.17) is 16.0 Å². The summed E-state index contributed by atoms with van der Waals surface area (Å²) in [7, 11) is 0. The molecular formula is C18H18ClN3O3. The van der Waals surface area contributed by atoms with Gasteiger partial charge in [-0.1, -0.05) is 23.7 Å². The molecule has 1 saturated heterocycles. The summed E-state index contributed by atoms with van der Waals surface area (Å²) in [6.07, 6.45) is 4.88. The number of benzene rings is 1. The van der Waals surface area contributed by atoms with Gasteiger partial charge in [-0.3, -0.25) is 4.79 Å². The van der Waals surface area contributed by atoms with Crippen molar-refractivity contribution in [3.63, 3.8) is 0 Å². The molecule has 1 N–H and O–H groups in total. The highest BCUT2D eigenvalue weighted by atomic mass is 35.5. The second kappa shape index (κ2) is 7.90. The Morgan fingerprint density at radius 2 is 1.72 bits per heavy atom. The molecule has 6 nitrogen and oxygen atoms in total. The fraction of sp³-hybridized carbons (Fsp3) is 0.222. The van der Waals surface area contributed by atoms with Crippen LogP contribution in [0.2, 0.25) is 5.02 Å². The predicted molar refractivity (Wildman–Crippen MR) is 95.2 cm³/mol. The van der Waals surface area contributed by atoms with Crippen molar-refractivity contribution in [2.75, 3.05) is 26.2 Å². The van der Waals surface area contributed by atoms with Crippen molar-refractivity contribution in [1.29, 1.82) is 0 Å². The van der Waals surface area contributed by atoms with Gasteiger partial charge in [-0.15, -0.1) is 0 Å². The van der Waals surface area contributed by atoms with Crippen LogP contribution in [0.5, 0.6) is 0 Å². The molecule has 2 aromatic rings. The van der Waals surface area contributed by atoms with Crippen LogP contribution < -0.4 is 5.32 Å². The Bertz CT molecular complexity index is 748. The molecular weight excluding hydrogens is 342 g/mol. The Hall–Kier alpha value is -2.73. The van der Waals surface area contributed by atoms with Gasteiger partial charge in [0.1, 0.15) is 0 Å². The molecule has 0 spiro atoms. The van der Waals surface area contributed by atoms with Crippen molar-refractivity contribution in [2.24, 2.45) is 0 Å². The quantitative estimate of drug-likeness (QED) is 0.915. The zero-order valence-electron chi connectivity index (χ0n) is 13.5. The molecule has 0 radical (unpaired) electrons. The molecule has 1 aromatic carbocycles. The first kappa shape index (κ1) is 17.1. The third kappa shape index (κ3) is 4.42. The second-order valence-electron chi connectivity index (χ2n) is 5.59. The zero-order valence-corrected chi connectivity index (χ0v) is 14.3. The molecule has 0 atom stereocenters. The molecule has 7 heteroatoms. The molecule has 0 aliphatic carbocycles. The molecule has 130 valence electrons. The van der Waals surface area contributed by atoms with Crippen molar-refractivity contribution in [1.82, 2.24) is 15.1 Å². The minimum Gasteiger partial charge on any atom is -0.459 e. The van der Waals surface area contributed by atoms with Crippen LogP contribution in [0.15, 0.2) is 53.3 Å². The molecule has 1 aromatic heterocycles. The van der Waals surface area contributed by atoms with E-state index in [9.17, 15) is 9.59 Å². The maximum absolute atomic E-state index is 12.2. The average molecular weight is 360 g/mol. The number of nitrogens with one attached hydrogen (secondary N) is 1. The van der Waals surface area contributed by atoms with Crippen molar-refractivity contribution < 1.29 is 14.0 Å². The SMILES string of the molecule is O=C(N/C=C/c1ccc(Cl)cc1)N1CCN(C(=O)c2ccco2)CC1. The summed E-state index contributed by atoms with van der Waals surface area (Å²) in [5, 5.41) is 3.41. The lowest BCUT2D eigenvalue weighted by Gasteiger charge is -2.34. The first-order valence-corrected chi connectivity index (χ1v) is 8.31.